The summed E-state index contributed by atoms with van der Waals surface area (Å²) in [6, 6.07) is 13.2. The second-order valence-electron chi connectivity index (χ2n) is 5.36. The zero-order chi connectivity index (χ0) is 15.7. The van der Waals surface area contributed by atoms with Gasteiger partial charge >= 0.3 is 0 Å². The van der Waals surface area contributed by atoms with E-state index in [1.807, 2.05) is 38.1 Å². The van der Waals surface area contributed by atoms with E-state index in [-0.39, 0.29) is 5.78 Å². The second kappa shape index (κ2) is 5.82. The summed E-state index contributed by atoms with van der Waals surface area (Å²) < 4.78 is 5.70. The average molecular weight is 311 g/mol. The summed E-state index contributed by atoms with van der Waals surface area (Å²) in [4.78, 5) is 12.2. The molecule has 110 valence electrons. The number of rotatable bonds is 3. The number of aryl methyl sites for hydroxylation is 2. The fourth-order valence-corrected chi connectivity index (χ4v) is 2.59. The number of halogens is 1. The third-order valence-electron chi connectivity index (χ3n) is 3.49. The lowest BCUT2D eigenvalue weighted by Gasteiger charge is -1.96. The van der Waals surface area contributed by atoms with Crippen molar-refractivity contribution in [3.63, 3.8) is 0 Å². The average Bonchev–Trinajstić information content (AvgIpc) is 2.90. The Bertz CT molecular complexity index is 870. The molecule has 1 heterocycles. The zero-order valence-corrected chi connectivity index (χ0v) is 13.1. The minimum absolute atomic E-state index is 0.150. The van der Waals surface area contributed by atoms with Crippen LogP contribution in [0, 0.1) is 13.8 Å². The van der Waals surface area contributed by atoms with Crippen LogP contribution < -0.4 is 0 Å². The topological polar surface area (TPSA) is 30.2 Å². The van der Waals surface area contributed by atoms with E-state index in [1.54, 1.807) is 24.3 Å². The maximum Gasteiger partial charge on any atom is 0.221 e. The third-order valence-corrected chi connectivity index (χ3v) is 3.74. The van der Waals surface area contributed by atoms with Gasteiger partial charge < -0.3 is 4.42 Å². The molecule has 0 unspecified atom stereocenters. The molecule has 0 fully saturated rings. The Labute approximate surface area is 134 Å². The molecule has 0 saturated heterocycles. The number of furan rings is 1. The fourth-order valence-electron chi connectivity index (χ4n) is 2.46. The first-order chi connectivity index (χ1) is 10.5. The van der Waals surface area contributed by atoms with Gasteiger partial charge in [0.25, 0.3) is 0 Å². The number of hydrogen-bond acceptors (Lipinski definition) is 2. The molecule has 3 heteroatoms. The van der Waals surface area contributed by atoms with Crippen molar-refractivity contribution >= 4 is 34.4 Å². The molecule has 0 aliphatic heterocycles. The van der Waals surface area contributed by atoms with Crippen molar-refractivity contribution in [2.75, 3.05) is 0 Å². The first kappa shape index (κ1) is 14.6. The SMILES string of the molecule is Cc1cc(C)c2oc(C(=O)/C=C/c3ccc(Cl)cc3)cc2c1. The van der Waals surface area contributed by atoms with Gasteiger partial charge in [-0.3, -0.25) is 4.79 Å². The summed E-state index contributed by atoms with van der Waals surface area (Å²) in [7, 11) is 0. The highest BCUT2D eigenvalue weighted by atomic mass is 35.5. The largest absolute Gasteiger partial charge is 0.452 e. The number of benzene rings is 2. The van der Waals surface area contributed by atoms with E-state index in [9.17, 15) is 4.79 Å². The number of hydrogen-bond donors (Lipinski definition) is 0. The van der Waals surface area contributed by atoms with Gasteiger partial charge in [-0.2, -0.15) is 0 Å². The Hall–Kier alpha value is -2.32. The Morgan fingerprint density at radius 1 is 1.09 bits per heavy atom. The van der Waals surface area contributed by atoms with E-state index in [0.29, 0.717) is 10.8 Å². The summed E-state index contributed by atoms with van der Waals surface area (Å²) in [5, 5.41) is 1.63. The summed E-state index contributed by atoms with van der Waals surface area (Å²) in [6.07, 6.45) is 3.27. The Morgan fingerprint density at radius 2 is 1.82 bits per heavy atom. The maximum absolute atomic E-state index is 12.2. The predicted octanol–water partition coefficient (Wildman–Crippen LogP) is 5.60. The quantitative estimate of drug-likeness (QED) is 0.465. The van der Waals surface area contributed by atoms with Crippen LogP contribution in [0.1, 0.15) is 27.2 Å². The van der Waals surface area contributed by atoms with Gasteiger partial charge in [0, 0.05) is 10.4 Å². The highest BCUT2D eigenvalue weighted by Gasteiger charge is 2.11. The monoisotopic (exact) mass is 310 g/mol. The van der Waals surface area contributed by atoms with Crippen molar-refractivity contribution in [3.8, 4) is 0 Å². The van der Waals surface area contributed by atoms with Crippen molar-refractivity contribution in [3.05, 3.63) is 76.0 Å². The third kappa shape index (κ3) is 2.97. The lowest BCUT2D eigenvalue weighted by molar-refractivity contribution is 0.102. The van der Waals surface area contributed by atoms with Gasteiger partial charge in [-0.25, -0.2) is 0 Å². The lowest BCUT2D eigenvalue weighted by Crippen LogP contribution is -1.90. The minimum atomic E-state index is -0.150. The Balaban J connectivity index is 1.89. The highest BCUT2D eigenvalue weighted by molar-refractivity contribution is 6.30. The van der Waals surface area contributed by atoms with Gasteiger partial charge in [0.05, 0.1) is 0 Å². The molecule has 0 radical (unpaired) electrons. The zero-order valence-electron chi connectivity index (χ0n) is 12.4. The molecule has 3 rings (SSSR count). The maximum atomic E-state index is 12.2. The van der Waals surface area contributed by atoms with E-state index < -0.39 is 0 Å². The van der Waals surface area contributed by atoms with E-state index in [1.165, 1.54) is 6.08 Å². The van der Waals surface area contributed by atoms with Crippen molar-refractivity contribution in [2.45, 2.75) is 13.8 Å². The number of fused-ring (bicyclic) bond motifs is 1. The molecule has 0 amide bonds. The van der Waals surface area contributed by atoms with Crippen molar-refractivity contribution in [1.82, 2.24) is 0 Å². The molecule has 0 atom stereocenters. The van der Waals surface area contributed by atoms with Crippen LogP contribution in [0.25, 0.3) is 17.0 Å². The molecule has 0 aliphatic rings. The van der Waals surface area contributed by atoms with Gasteiger partial charge in [0.1, 0.15) is 5.58 Å². The smallest absolute Gasteiger partial charge is 0.221 e. The van der Waals surface area contributed by atoms with Crippen LogP contribution in [0.3, 0.4) is 0 Å². The molecule has 1 aromatic heterocycles. The number of carbonyl (C=O) groups excluding carboxylic acids is 1. The molecule has 22 heavy (non-hydrogen) atoms. The Morgan fingerprint density at radius 3 is 2.55 bits per heavy atom. The van der Waals surface area contributed by atoms with Gasteiger partial charge in [-0.05, 0) is 55.3 Å². The van der Waals surface area contributed by atoms with E-state index in [4.69, 9.17) is 16.0 Å². The normalized spacial score (nSPS) is 11.4. The van der Waals surface area contributed by atoms with Crippen LogP contribution >= 0.6 is 11.6 Å². The van der Waals surface area contributed by atoms with Crippen LogP contribution in [0.15, 0.2) is 53.0 Å². The summed E-state index contributed by atoms with van der Waals surface area (Å²) in [5.41, 5.74) is 3.88. The molecule has 0 N–H and O–H groups in total. The van der Waals surface area contributed by atoms with Crippen LogP contribution in [-0.4, -0.2) is 5.78 Å². The van der Waals surface area contributed by atoms with Crippen molar-refractivity contribution < 1.29 is 9.21 Å². The molecule has 2 nitrogen and oxygen atoms in total. The second-order valence-corrected chi connectivity index (χ2v) is 5.80. The molecule has 2 aromatic carbocycles. The summed E-state index contributed by atoms with van der Waals surface area (Å²) >= 11 is 5.84. The van der Waals surface area contributed by atoms with Gasteiger partial charge in [0.15, 0.2) is 5.76 Å². The van der Waals surface area contributed by atoms with Crippen LogP contribution in [0.2, 0.25) is 5.02 Å². The van der Waals surface area contributed by atoms with Gasteiger partial charge in [0.2, 0.25) is 5.78 Å². The Kier molecular flexibility index (Phi) is 3.86. The number of allylic oxidation sites excluding steroid dienone is 1. The first-order valence-electron chi connectivity index (χ1n) is 7.02. The molecular formula is C19H15ClO2. The standard InChI is InChI=1S/C19H15ClO2/c1-12-9-13(2)19-15(10-12)11-18(22-19)17(21)8-5-14-3-6-16(20)7-4-14/h3-11H,1-2H3/b8-5+. The van der Waals surface area contributed by atoms with Gasteiger partial charge in [-0.1, -0.05) is 41.4 Å². The molecule has 3 aromatic rings. The molecule has 0 bridgehead atoms. The molecule has 0 saturated carbocycles. The summed E-state index contributed by atoms with van der Waals surface area (Å²) in [5.74, 6) is 0.206. The molecular weight excluding hydrogens is 296 g/mol. The number of ketones is 1. The van der Waals surface area contributed by atoms with E-state index in [0.717, 1.165) is 27.7 Å². The van der Waals surface area contributed by atoms with E-state index in [2.05, 4.69) is 0 Å². The van der Waals surface area contributed by atoms with Crippen LogP contribution in [-0.2, 0) is 0 Å². The first-order valence-corrected chi connectivity index (χ1v) is 7.39. The predicted molar refractivity (Wildman–Crippen MR) is 90.5 cm³/mol. The fraction of sp³-hybridized carbons (Fsp3) is 0.105. The van der Waals surface area contributed by atoms with E-state index >= 15 is 0 Å². The highest BCUT2D eigenvalue weighted by Crippen LogP contribution is 2.25. The lowest BCUT2D eigenvalue weighted by atomic mass is 10.1. The molecule has 0 aliphatic carbocycles. The summed E-state index contributed by atoms with van der Waals surface area (Å²) in [6.45, 7) is 4.01. The molecule has 0 spiro atoms. The minimum Gasteiger partial charge on any atom is -0.452 e. The number of carbonyl (C=O) groups is 1. The van der Waals surface area contributed by atoms with Crippen LogP contribution in [0.5, 0.6) is 0 Å². The van der Waals surface area contributed by atoms with Crippen molar-refractivity contribution in [1.29, 1.82) is 0 Å². The van der Waals surface area contributed by atoms with Gasteiger partial charge in [-0.15, -0.1) is 0 Å². The van der Waals surface area contributed by atoms with Crippen LogP contribution in [0.4, 0.5) is 0 Å². The van der Waals surface area contributed by atoms with Crippen molar-refractivity contribution in [2.24, 2.45) is 0 Å².